The van der Waals surface area contributed by atoms with Crippen LogP contribution in [0.4, 0.5) is 0 Å². The van der Waals surface area contributed by atoms with Gasteiger partial charge in [-0.3, -0.25) is 14.5 Å². The molecule has 0 radical (unpaired) electrons. The number of benzene rings is 1. The molecule has 0 unspecified atom stereocenters. The first-order valence-corrected chi connectivity index (χ1v) is 8.83. The number of nitrogens with one attached hydrogen (secondary N) is 1. The Bertz CT molecular complexity index is 1070. The molecule has 1 N–H and O–H groups in total. The lowest BCUT2D eigenvalue weighted by Crippen LogP contribution is -2.30. The van der Waals surface area contributed by atoms with E-state index in [0.29, 0.717) is 11.5 Å². The largest absolute Gasteiger partial charge is 0.332 e. The van der Waals surface area contributed by atoms with Crippen LogP contribution in [0.5, 0.6) is 0 Å². The lowest BCUT2D eigenvalue weighted by molar-refractivity contribution is 0.0733. The highest BCUT2D eigenvalue weighted by Crippen LogP contribution is 2.24. The van der Waals surface area contributed by atoms with E-state index in [4.69, 9.17) is 0 Å². The number of nitrogens with zero attached hydrogens (tertiary/aromatic N) is 6. The number of rotatable bonds is 5. The minimum Gasteiger partial charge on any atom is -0.332 e. The number of hydrogen-bond acceptors (Lipinski definition) is 5. The van der Waals surface area contributed by atoms with Crippen LogP contribution in [-0.2, 0) is 0 Å². The quantitative estimate of drug-likeness (QED) is 0.581. The second-order valence-corrected chi connectivity index (χ2v) is 6.42. The van der Waals surface area contributed by atoms with Crippen LogP contribution < -0.4 is 0 Å². The lowest BCUT2D eigenvalue weighted by Gasteiger charge is -2.23. The van der Waals surface area contributed by atoms with Crippen molar-refractivity contribution in [3.63, 3.8) is 0 Å². The summed E-state index contributed by atoms with van der Waals surface area (Å²) < 4.78 is 1.65. The third kappa shape index (κ3) is 3.39. The molecule has 4 aromatic rings. The summed E-state index contributed by atoms with van der Waals surface area (Å²) >= 11 is 0. The molecule has 3 heterocycles. The van der Waals surface area contributed by atoms with Gasteiger partial charge in [0.25, 0.3) is 5.91 Å². The summed E-state index contributed by atoms with van der Waals surface area (Å²) in [6, 6.07) is 17.0. The molecule has 0 aliphatic heterocycles. The van der Waals surface area contributed by atoms with Crippen molar-refractivity contribution in [1.29, 1.82) is 0 Å². The summed E-state index contributed by atoms with van der Waals surface area (Å²) in [5.74, 6) is 0.406. The Kier molecular flexibility index (Phi) is 4.67. The van der Waals surface area contributed by atoms with E-state index in [0.717, 1.165) is 17.0 Å². The van der Waals surface area contributed by atoms with Gasteiger partial charge in [-0.15, -0.1) is 10.2 Å². The Morgan fingerprint density at radius 1 is 1.07 bits per heavy atom. The van der Waals surface area contributed by atoms with Crippen LogP contribution in [-0.4, -0.2) is 47.8 Å². The third-order valence-electron chi connectivity index (χ3n) is 4.66. The van der Waals surface area contributed by atoms with E-state index in [1.807, 2.05) is 43.3 Å². The van der Waals surface area contributed by atoms with Gasteiger partial charge in [0, 0.05) is 12.6 Å². The van der Waals surface area contributed by atoms with E-state index in [1.165, 1.54) is 0 Å². The molecule has 0 fully saturated rings. The van der Waals surface area contributed by atoms with Crippen LogP contribution in [0, 0.1) is 0 Å². The number of carbonyl (C=O) groups excluding carboxylic acids is 1. The van der Waals surface area contributed by atoms with Gasteiger partial charge >= 0.3 is 0 Å². The summed E-state index contributed by atoms with van der Waals surface area (Å²) in [5, 5.41) is 15.0. The van der Waals surface area contributed by atoms with E-state index < -0.39 is 0 Å². The molecule has 1 aromatic carbocycles. The maximum absolute atomic E-state index is 12.9. The van der Waals surface area contributed by atoms with Crippen LogP contribution >= 0.6 is 0 Å². The molecular weight excluding hydrogens is 354 g/mol. The number of aromatic nitrogens is 6. The normalized spacial score (nSPS) is 11.9. The van der Waals surface area contributed by atoms with Gasteiger partial charge in [0.2, 0.25) is 0 Å². The van der Waals surface area contributed by atoms with Crippen LogP contribution in [0.2, 0.25) is 0 Å². The smallest absolute Gasteiger partial charge is 0.272 e. The molecule has 140 valence electrons. The Labute approximate surface area is 161 Å². The number of H-pyrrole nitrogens is 1. The Morgan fingerprint density at radius 3 is 2.57 bits per heavy atom. The van der Waals surface area contributed by atoms with Crippen molar-refractivity contribution < 1.29 is 4.79 Å². The average molecular weight is 373 g/mol. The van der Waals surface area contributed by atoms with Crippen LogP contribution in [0.15, 0.2) is 67.3 Å². The standard InChI is InChI=1S/C20H19N7O/c1-14(17-11-18(25-24-17)15-7-4-3-5-8-15)26(2)20(28)16-9-6-10-19(23-16)27-12-21-22-13-27/h3-14H,1-2H3,(H,24,25)/t14-/m1/s1. The first kappa shape index (κ1) is 17.6. The molecule has 8 heteroatoms. The topological polar surface area (TPSA) is 92.6 Å². The average Bonchev–Trinajstić information content (AvgIpc) is 3.45. The Hall–Kier alpha value is -3.81. The van der Waals surface area contributed by atoms with Crippen LogP contribution in [0.3, 0.4) is 0 Å². The molecule has 0 spiro atoms. The highest BCUT2D eigenvalue weighted by molar-refractivity contribution is 5.92. The lowest BCUT2D eigenvalue weighted by atomic mass is 10.1. The van der Waals surface area contributed by atoms with E-state index in [-0.39, 0.29) is 11.9 Å². The van der Waals surface area contributed by atoms with Gasteiger partial charge in [0.05, 0.1) is 17.4 Å². The predicted molar refractivity (Wildman–Crippen MR) is 104 cm³/mol. The predicted octanol–water partition coefficient (Wildman–Crippen LogP) is 2.89. The van der Waals surface area contributed by atoms with E-state index in [2.05, 4.69) is 25.4 Å². The molecule has 1 atom stereocenters. The summed E-state index contributed by atoms with van der Waals surface area (Å²) in [7, 11) is 1.75. The zero-order valence-corrected chi connectivity index (χ0v) is 15.5. The molecule has 4 rings (SSSR count). The van der Waals surface area contributed by atoms with Gasteiger partial charge in [0.15, 0.2) is 0 Å². The zero-order valence-electron chi connectivity index (χ0n) is 15.5. The molecule has 0 aliphatic carbocycles. The minimum absolute atomic E-state index is 0.182. The van der Waals surface area contributed by atoms with Gasteiger partial charge in [-0.2, -0.15) is 5.10 Å². The Balaban J connectivity index is 1.54. The van der Waals surface area contributed by atoms with E-state index in [1.54, 1.807) is 47.4 Å². The second kappa shape index (κ2) is 7.43. The first-order valence-electron chi connectivity index (χ1n) is 8.83. The minimum atomic E-state index is -0.196. The molecule has 0 saturated heterocycles. The fourth-order valence-electron chi connectivity index (χ4n) is 2.88. The molecule has 8 nitrogen and oxygen atoms in total. The van der Waals surface area contributed by atoms with Crippen molar-refractivity contribution in [2.24, 2.45) is 0 Å². The maximum Gasteiger partial charge on any atom is 0.272 e. The van der Waals surface area contributed by atoms with Crippen molar-refractivity contribution in [2.45, 2.75) is 13.0 Å². The second-order valence-electron chi connectivity index (χ2n) is 6.42. The van der Waals surface area contributed by atoms with Gasteiger partial charge < -0.3 is 4.90 Å². The van der Waals surface area contributed by atoms with Crippen molar-refractivity contribution >= 4 is 5.91 Å². The van der Waals surface area contributed by atoms with Crippen molar-refractivity contribution in [3.05, 3.63) is 78.6 Å². The van der Waals surface area contributed by atoms with Gasteiger partial charge in [0.1, 0.15) is 24.2 Å². The van der Waals surface area contributed by atoms with Crippen molar-refractivity contribution in [3.8, 4) is 17.1 Å². The SMILES string of the molecule is C[C@H](c1cc(-c2ccccc2)n[nH]1)N(C)C(=O)c1cccc(-n2cnnc2)n1. The fraction of sp³-hybridized carbons (Fsp3) is 0.150. The highest BCUT2D eigenvalue weighted by atomic mass is 16.2. The first-order chi connectivity index (χ1) is 13.6. The van der Waals surface area contributed by atoms with E-state index >= 15 is 0 Å². The summed E-state index contributed by atoms with van der Waals surface area (Å²) in [6.45, 7) is 1.95. The molecule has 0 saturated carbocycles. The van der Waals surface area contributed by atoms with Crippen LogP contribution in [0.25, 0.3) is 17.1 Å². The highest BCUT2D eigenvalue weighted by Gasteiger charge is 2.22. The molecule has 3 aromatic heterocycles. The number of carbonyl (C=O) groups is 1. The van der Waals surface area contributed by atoms with Gasteiger partial charge in [-0.1, -0.05) is 36.4 Å². The number of hydrogen-bond donors (Lipinski definition) is 1. The summed E-state index contributed by atoms with van der Waals surface area (Å²) in [6.07, 6.45) is 3.08. The van der Waals surface area contributed by atoms with Gasteiger partial charge in [-0.05, 0) is 25.1 Å². The molecule has 0 aliphatic rings. The third-order valence-corrected chi connectivity index (χ3v) is 4.66. The molecule has 1 amide bonds. The zero-order chi connectivity index (χ0) is 19.5. The monoisotopic (exact) mass is 373 g/mol. The molecule has 0 bridgehead atoms. The van der Waals surface area contributed by atoms with Crippen LogP contribution in [0.1, 0.15) is 29.1 Å². The van der Waals surface area contributed by atoms with Crippen molar-refractivity contribution in [1.82, 2.24) is 34.8 Å². The molecular formula is C20H19N7O. The molecule has 28 heavy (non-hydrogen) atoms. The Morgan fingerprint density at radius 2 is 1.82 bits per heavy atom. The van der Waals surface area contributed by atoms with Crippen molar-refractivity contribution in [2.75, 3.05) is 7.05 Å². The summed E-state index contributed by atoms with van der Waals surface area (Å²) in [5.41, 5.74) is 3.07. The van der Waals surface area contributed by atoms with Gasteiger partial charge in [-0.25, -0.2) is 4.98 Å². The number of aromatic amines is 1. The fourth-order valence-corrected chi connectivity index (χ4v) is 2.88. The summed E-state index contributed by atoms with van der Waals surface area (Å²) in [4.78, 5) is 19.0. The number of pyridine rings is 1. The van der Waals surface area contributed by atoms with E-state index in [9.17, 15) is 4.79 Å². The maximum atomic E-state index is 12.9. The number of amides is 1.